The van der Waals surface area contributed by atoms with Gasteiger partial charge in [-0.15, -0.1) is 0 Å². The van der Waals surface area contributed by atoms with Crippen LogP contribution in [0, 0.1) is 0 Å². The molecule has 0 radical (unpaired) electrons. The van der Waals surface area contributed by atoms with E-state index in [0.29, 0.717) is 0 Å². The molecule has 0 spiro atoms. The maximum atomic E-state index is 11.7. The molecule has 1 N–H and O–H groups in total. The Bertz CT molecular complexity index is 740. The number of amides is 1. The van der Waals surface area contributed by atoms with Gasteiger partial charge in [-0.25, -0.2) is 18.0 Å². The summed E-state index contributed by atoms with van der Waals surface area (Å²) in [5.41, 5.74) is 0.0782. The van der Waals surface area contributed by atoms with Gasteiger partial charge in [0, 0.05) is 6.26 Å². The van der Waals surface area contributed by atoms with Crippen LogP contribution < -0.4 is 10.1 Å². The summed E-state index contributed by atoms with van der Waals surface area (Å²) in [5, 5.41) is 2.41. The van der Waals surface area contributed by atoms with E-state index in [9.17, 15) is 18.0 Å². The fourth-order valence-corrected chi connectivity index (χ4v) is 2.28. The van der Waals surface area contributed by atoms with Gasteiger partial charge in [0.1, 0.15) is 17.9 Å². The number of benzene rings is 1. The molecular weight excluding hydrogens is 338 g/mol. The summed E-state index contributed by atoms with van der Waals surface area (Å²) in [6.07, 6.45) is 0.350. The van der Waals surface area contributed by atoms with Gasteiger partial charge < -0.3 is 19.5 Å². The van der Waals surface area contributed by atoms with Crippen LogP contribution in [-0.4, -0.2) is 47.0 Å². The van der Waals surface area contributed by atoms with Gasteiger partial charge in [-0.2, -0.15) is 0 Å². The summed E-state index contributed by atoms with van der Waals surface area (Å²) in [6.45, 7) is 5.01. The molecule has 24 heavy (non-hydrogen) atoms. The first-order valence-electron chi connectivity index (χ1n) is 6.81. The maximum Gasteiger partial charge on any atom is 0.412 e. The number of methoxy groups -OCH3 is 1. The molecule has 0 unspecified atom stereocenters. The minimum absolute atomic E-state index is 0.000181. The number of ether oxygens (including phenoxy) is 3. The van der Waals surface area contributed by atoms with E-state index < -0.39 is 21.9 Å². The molecule has 1 rings (SSSR count). The molecule has 1 aromatic carbocycles. The van der Waals surface area contributed by atoms with E-state index in [1.165, 1.54) is 32.2 Å². The number of hydrogen-bond acceptors (Lipinski definition) is 7. The summed E-state index contributed by atoms with van der Waals surface area (Å²) in [7, 11) is -2.26. The molecule has 0 saturated heterocycles. The van der Waals surface area contributed by atoms with Gasteiger partial charge in [-0.05, 0) is 25.1 Å². The van der Waals surface area contributed by atoms with Crippen LogP contribution in [0.1, 0.15) is 17.3 Å². The summed E-state index contributed by atoms with van der Waals surface area (Å²) in [4.78, 5) is 23.0. The zero-order valence-electron chi connectivity index (χ0n) is 13.6. The van der Waals surface area contributed by atoms with Crippen molar-refractivity contribution in [2.45, 2.75) is 11.8 Å². The number of rotatable bonds is 7. The van der Waals surface area contributed by atoms with Crippen LogP contribution >= 0.6 is 0 Å². The summed E-state index contributed by atoms with van der Waals surface area (Å²) in [6, 6.07) is 3.82. The van der Waals surface area contributed by atoms with Crippen molar-refractivity contribution in [3.05, 3.63) is 36.1 Å². The van der Waals surface area contributed by atoms with Gasteiger partial charge in [0.25, 0.3) is 0 Å². The predicted octanol–water partition coefficient (Wildman–Crippen LogP) is 1.52. The van der Waals surface area contributed by atoms with Gasteiger partial charge in [0.05, 0.1) is 24.3 Å². The van der Waals surface area contributed by atoms with Crippen LogP contribution in [0.15, 0.2) is 35.4 Å². The number of hydrogen-bond donors (Lipinski definition) is 1. The van der Waals surface area contributed by atoms with Crippen LogP contribution in [0.2, 0.25) is 0 Å². The Kier molecular flexibility index (Phi) is 6.78. The lowest BCUT2D eigenvalue weighted by molar-refractivity contribution is 0.0595. The minimum Gasteiger partial charge on any atom is -0.491 e. The van der Waals surface area contributed by atoms with Crippen LogP contribution in [0.5, 0.6) is 5.75 Å². The number of sulfone groups is 1. The average Bonchev–Trinajstić information content (AvgIpc) is 2.49. The van der Waals surface area contributed by atoms with Gasteiger partial charge >= 0.3 is 12.1 Å². The lowest BCUT2D eigenvalue weighted by Crippen LogP contribution is -2.28. The minimum atomic E-state index is -3.46. The van der Waals surface area contributed by atoms with E-state index in [1.807, 2.05) is 0 Å². The van der Waals surface area contributed by atoms with E-state index in [-0.39, 0.29) is 35.1 Å². The third-order valence-electron chi connectivity index (χ3n) is 2.68. The molecule has 0 aromatic heterocycles. The smallest absolute Gasteiger partial charge is 0.412 e. The highest BCUT2D eigenvalue weighted by Gasteiger charge is 2.17. The molecule has 0 bridgehead atoms. The molecule has 0 atom stereocenters. The molecule has 0 aliphatic heterocycles. The molecule has 132 valence electrons. The second-order valence-corrected chi connectivity index (χ2v) is 6.80. The second kappa shape index (κ2) is 8.34. The highest BCUT2D eigenvalue weighted by atomic mass is 32.2. The van der Waals surface area contributed by atoms with Crippen LogP contribution in [-0.2, 0) is 19.3 Å². The molecular formula is C15H19NO7S. The highest BCUT2D eigenvalue weighted by molar-refractivity contribution is 7.90. The molecule has 9 heteroatoms. The Balaban J connectivity index is 2.82. The van der Waals surface area contributed by atoms with Crippen molar-refractivity contribution in [2.75, 3.05) is 26.5 Å². The molecule has 1 aromatic rings. The Morgan fingerprint density at radius 2 is 1.96 bits per heavy atom. The predicted molar refractivity (Wildman–Crippen MR) is 85.7 cm³/mol. The maximum absolute atomic E-state index is 11.7. The standard InChI is InChI=1S/C15H19NO7S/c1-10(2)23-15(18)16-7-8-22-13-9-11(24(4,19)20)5-6-12(13)14(17)21-3/h5-6,9H,1,7-8H2,2-4H3,(H,16,18). The summed E-state index contributed by atoms with van der Waals surface area (Å²) < 4.78 is 37.9. The van der Waals surface area contributed by atoms with Gasteiger partial charge in [-0.3, -0.25) is 0 Å². The largest absolute Gasteiger partial charge is 0.491 e. The molecule has 8 nitrogen and oxygen atoms in total. The monoisotopic (exact) mass is 357 g/mol. The number of carbonyl (C=O) groups is 2. The molecule has 0 heterocycles. The van der Waals surface area contributed by atoms with Crippen LogP contribution in [0.4, 0.5) is 4.79 Å². The van der Waals surface area contributed by atoms with Crippen LogP contribution in [0.25, 0.3) is 0 Å². The van der Waals surface area contributed by atoms with E-state index in [4.69, 9.17) is 9.47 Å². The second-order valence-electron chi connectivity index (χ2n) is 4.79. The molecule has 0 saturated carbocycles. The fourth-order valence-electron chi connectivity index (χ4n) is 1.64. The van der Waals surface area contributed by atoms with Crippen molar-refractivity contribution in [2.24, 2.45) is 0 Å². The van der Waals surface area contributed by atoms with Crippen LogP contribution in [0.3, 0.4) is 0 Å². The van der Waals surface area contributed by atoms with E-state index >= 15 is 0 Å². The molecule has 0 aliphatic carbocycles. The van der Waals surface area contributed by atoms with Crippen molar-refractivity contribution in [3.8, 4) is 5.75 Å². The first-order valence-corrected chi connectivity index (χ1v) is 8.70. The summed E-state index contributed by atoms with van der Waals surface area (Å²) in [5.74, 6) is -0.387. The number of esters is 1. The normalized spacial score (nSPS) is 10.6. The quantitative estimate of drug-likeness (QED) is 0.448. The van der Waals surface area contributed by atoms with Gasteiger partial charge in [-0.1, -0.05) is 6.58 Å². The van der Waals surface area contributed by atoms with E-state index in [0.717, 1.165) is 6.26 Å². The zero-order valence-corrected chi connectivity index (χ0v) is 14.4. The van der Waals surface area contributed by atoms with Crippen molar-refractivity contribution in [3.63, 3.8) is 0 Å². The highest BCUT2D eigenvalue weighted by Crippen LogP contribution is 2.24. The van der Waals surface area contributed by atoms with E-state index in [1.54, 1.807) is 0 Å². The van der Waals surface area contributed by atoms with Gasteiger partial charge in [0.15, 0.2) is 9.84 Å². The van der Waals surface area contributed by atoms with Crippen molar-refractivity contribution in [1.29, 1.82) is 0 Å². The van der Waals surface area contributed by atoms with Crippen molar-refractivity contribution < 1.29 is 32.2 Å². The third-order valence-corrected chi connectivity index (χ3v) is 3.79. The Hall–Kier alpha value is -2.55. The Morgan fingerprint density at radius 3 is 2.50 bits per heavy atom. The average molecular weight is 357 g/mol. The fraction of sp³-hybridized carbons (Fsp3) is 0.333. The lowest BCUT2D eigenvalue weighted by Gasteiger charge is -2.12. The number of carbonyl (C=O) groups excluding carboxylic acids is 2. The Morgan fingerprint density at radius 1 is 1.29 bits per heavy atom. The molecule has 0 fully saturated rings. The first kappa shape index (κ1) is 19.5. The van der Waals surface area contributed by atoms with Gasteiger partial charge in [0.2, 0.25) is 0 Å². The lowest BCUT2D eigenvalue weighted by atomic mass is 10.2. The topological polar surface area (TPSA) is 108 Å². The number of nitrogens with one attached hydrogen (secondary N) is 1. The first-order chi connectivity index (χ1) is 11.1. The molecule has 1 amide bonds. The number of alkyl carbamates (subject to hydrolysis) is 1. The molecule has 0 aliphatic rings. The SMILES string of the molecule is C=C(C)OC(=O)NCCOc1cc(S(C)(=O)=O)ccc1C(=O)OC. The number of allylic oxidation sites excluding steroid dienone is 1. The summed E-state index contributed by atoms with van der Waals surface area (Å²) >= 11 is 0. The Labute approximate surface area is 140 Å². The zero-order chi connectivity index (χ0) is 18.3. The van der Waals surface area contributed by atoms with Crippen molar-refractivity contribution in [1.82, 2.24) is 5.32 Å². The third kappa shape index (κ3) is 5.92. The van der Waals surface area contributed by atoms with E-state index in [2.05, 4.69) is 16.6 Å². The van der Waals surface area contributed by atoms with Crippen molar-refractivity contribution >= 4 is 21.9 Å².